The summed E-state index contributed by atoms with van der Waals surface area (Å²) in [7, 11) is 4.28. The summed E-state index contributed by atoms with van der Waals surface area (Å²) in [5, 5.41) is 7.98. The Morgan fingerprint density at radius 1 is 1.35 bits per heavy atom. The van der Waals surface area contributed by atoms with E-state index < -0.39 is 0 Å². The number of aromatic nitrogens is 2. The molecule has 1 saturated heterocycles. The number of nitrogens with one attached hydrogen (secondary N) is 1. The molecule has 0 bridgehead atoms. The maximum Gasteiger partial charge on any atom is 0.0555 e. The maximum atomic E-state index is 4.31. The highest BCUT2D eigenvalue weighted by atomic mass is 15.3. The predicted octanol–water partition coefficient (Wildman–Crippen LogP) is 1.16. The number of likely N-dealkylation sites (tertiary alicyclic amines) is 1. The average molecular weight is 234 g/mol. The minimum atomic E-state index is 0.536. The molecule has 0 aromatic carbocycles. The maximum absolute atomic E-state index is 4.31. The van der Waals surface area contributed by atoms with E-state index in [9.17, 15) is 0 Å². The van der Waals surface area contributed by atoms with Crippen molar-refractivity contribution in [3.63, 3.8) is 0 Å². The molecule has 2 heterocycles. The van der Waals surface area contributed by atoms with Crippen LogP contribution in [0.5, 0.6) is 0 Å². The molecule has 0 amide bonds. The first kappa shape index (κ1) is 11.2. The van der Waals surface area contributed by atoms with Crippen molar-refractivity contribution in [2.75, 3.05) is 20.1 Å². The lowest BCUT2D eigenvalue weighted by Crippen LogP contribution is -2.30. The Morgan fingerprint density at radius 2 is 2.18 bits per heavy atom. The van der Waals surface area contributed by atoms with Gasteiger partial charge in [0.15, 0.2) is 0 Å². The number of aryl methyl sites for hydroxylation is 1. The number of hydrogen-bond acceptors (Lipinski definition) is 3. The van der Waals surface area contributed by atoms with Crippen LogP contribution in [0.25, 0.3) is 0 Å². The number of rotatable bonds is 4. The summed E-state index contributed by atoms with van der Waals surface area (Å²) in [6.45, 7) is 2.36. The molecule has 1 aromatic rings. The molecule has 1 saturated carbocycles. The molecule has 0 spiro atoms. The fourth-order valence-corrected chi connectivity index (χ4v) is 2.99. The largest absolute Gasteiger partial charge is 0.314 e. The Hall–Kier alpha value is -0.870. The summed E-state index contributed by atoms with van der Waals surface area (Å²) in [4.78, 5) is 2.47. The quantitative estimate of drug-likeness (QED) is 0.849. The molecule has 17 heavy (non-hydrogen) atoms. The average Bonchev–Trinajstić information content (AvgIpc) is 2.95. The predicted molar refractivity (Wildman–Crippen MR) is 67.7 cm³/mol. The van der Waals surface area contributed by atoms with Crippen LogP contribution in [0, 0.1) is 5.92 Å². The Bertz CT molecular complexity index is 383. The third-order valence-corrected chi connectivity index (χ3v) is 4.18. The molecule has 2 unspecified atom stereocenters. The number of nitrogens with zero attached hydrogens (tertiary/aromatic N) is 3. The summed E-state index contributed by atoms with van der Waals surface area (Å²) in [6.07, 6.45) is 5.96. The van der Waals surface area contributed by atoms with Gasteiger partial charge in [-0.1, -0.05) is 0 Å². The molecule has 3 rings (SSSR count). The third kappa shape index (κ3) is 2.24. The zero-order valence-corrected chi connectivity index (χ0v) is 10.8. The lowest BCUT2D eigenvalue weighted by atomic mass is 9.97. The molecule has 1 N–H and O–H groups in total. The van der Waals surface area contributed by atoms with Gasteiger partial charge < -0.3 is 5.32 Å². The molecular weight excluding hydrogens is 212 g/mol. The minimum absolute atomic E-state index is 0.536. The van der Waals surface area contributed by atoms with Gasteiger partial charge in [-0.3, -0.25) is 9.58 Å². The van der Waals surface area contributed by atoms with Gasteiger partial charge >= 0.3 is 0 Å². The van der Waals surface area contributed by atoms with Gasteiger partial charge in [-0.25, -0.2) is 0 Å². The topological polar surface area (TPSA) is 33.1 Å². The SMILES string of the molecule is CN1CCC(CNC2CC2)C1c1ccnn1C. The second-order valence-electron chi connectivity index (χ2n) is 5.54. The van der Waals surface area contributed by atoms with Crippen molar-refractivity contribution >= 4 is 0 Å². The van der Waals surface area contributed by atoms with Crippen LogP contribution in [-0.4, -0.2) is 40.9 Å². The Morgan fingerprint density at radius 3 is 2.82 bits per heavy atom. The second kappa shape index (κ2) is 4.42. The van der Waals surface area contributed by atoms with Crippen molar-refractivity contribution in [1.82, 2.24) is 20.0 Å². The van der Waals surface area contributed by atoms with Crippen LogP contribution in [0.1, 0.15) is 31.0 Å². The van der Waals surface area contributed by atoms with Crippen LogP contribution in [-0.2, 0) is 7.05 Å². The normalized spacial score (nSPS) is 30.0. The summed E-state index contributed by atoms with van der Waals surface area (Å²) >= 11 is 0. The third-order valence-electron chi connectivity index (χ3n) is 4.18. The van der Waals surface area contributed by atoms with E-state index >= 15 is 0 Å². The van der Waals surface area contributed by atoms with Crippen molar-refractivity contribution < 1.29 is 0 Å². The van der Waals surface area contributed by atoms with E-state index in [1.165, 1.54) is 31.5 Å². The van der Waals surface area contributed by atoms with E-state index in [1.54, 1.807) is 0 Å². The van der Waals surface area contributed by atoms with Crippen LogP contribution in [0.3, 0.4) is 0 Å². The van der Waals surface area contributed by atoms with Gasteiger partial charge in [0.1, 0.15) is 0 Å². The van der Waals surface area contributed by atoms with Gasteiger partial charge in [0, 0.05) is 25.8 Å². The Labute approximate surface area is 103 Å². The summed E-state index contributed by atoms with van der Waals surface area (Å²) < 4.78 is 2.02. The first-order valence-electron chi connectivity index (χ1n) is 6.67. The number of hydrogen-bond donors (Lipinski definition) is 1. The molecule has 1 aliphatic carbocycles. The molecule has 94 valence electrons. The molecule has 4 heteroatoms. The lowest BCUT2D eigenvalue weighted by molar-refractivity contribution is 0.259. The molecule has 2 aliphatic rings. The zero-order chi connectivity index (χ0) is 11.8. The first-order valence-corrected chi connectivity index (χ1v) is 6.67. The van der Waals surface area contributed by atoms with Crippen molar-refractivity contribution in [3.05, 3.63) is 18.0 Å². The fraction of sp³-hybridized carbons (Fsp3) is 0.769. The molecule has 1 aliphatic heterocycles. The van der Waals surface area contributed by atoms with E-state index in [0.717, 1.165) is 18.5 Å². The van der Waals surface area contributed by atoms with Gasteiger partial charge in [-0.15, -0.1) is 0 Å². The standard InChI is InChI=1S/C13H22N4/c1-16-8-6-10(9-14-11-3-4-11)13(16)12-5-7-15-17(12)2/h5,7,10-11,13-14H,3-4,6,8-9H2,1-2H3. The smallest absolute Gasteiger partial charge is 0.0555 e. The Balaban J connectivity index is 1.71. The highest BCUT2D eigenvalue weighted by Crippen LogP contribution is 2.35. The minimum Gasteiger partial charge on any atom is -0.314 e. The van der Waals surface area contributed by atoms with Crippen LogP contribution in [0.4, 0.5) is 0 Å². The van der Waals surface area contributed by atoms with E-state index in [2.05, 4.69) is 28.4 Å². The first-order chi connectivity index (χ1) is 8.25. The van der Waals surface area contributed by atoms with Crippen molar-refractivity contribution in [2.24, 2.45) is 13.0 Å². The van der Waals surface area contributed by atoms with Gasteiger partial charge in [0.25, 0.3) is 0 Å². The van der Waals surface area contributed by atoms with Crippen molar-refractivity contribution in [3.8, 4) is 0 Å². The molecule has 2 atom stereocenters. The van der Waals surface area contributed by atoms with E-state index in [1.807, 2.05) is 17.9 Å². The summed E-state index contributed by atoms with van der Waals surface area (Å²) in [5.41, 5.74) is 1.35. The van der Waals surface area contributed by atoms with E-state index in [0.29, 0.717) is 6.04 Å². The van der Waals surface area contributed by atoms with Gasteiger partial charge in [-0.05, 0) is 44.8 Å². The van der Waals surface area contributed by atoms with Crippen LogP contribution in [0.15, 0.2) is 12.3 Å². The Kier molecular flexibility index (Phi) is 2.92. The molecular formula is C13H22N4. The summed E-state index contributed by atoms with van der Waals surface area (Å²) in [5.74, 6) is 0.732. The van der Waals surface area contributed by atoms with Crippen LogP contribution in [0.2, 0.25) is 0 Å². The van der Waals surface area contributed by atoms with Crippen molar-refractivity contribution in [1.29, 1.82) is 0 Å². The molecule has 0 radical (unpaired) electrons. The van der Waals surface area contributed by atoms with E-state index in [4.69, 9.17) is 0 Å². The molecule has 1 aromatic heterocycles. The van der Waals surface area contributed by atoms with Gasteiger partial charge in [0.05, 0.1) is 11.7 Å². The second-order valence-corrected chi connectivity index (χ2v) is 5.54. The highest BCUT2D eigenvalue weighted by Gasteiger charge is 2.35. The summed E-state index contributed by atoms with van der Waals surface area (Å²) in [6, 6.07) is 3.51. The van der Waals surface area contributed by atoms with E-state index in [-0.39, 0.29) is 0 Å². The lowest BCUT2D eigenvalue weighted by Gasteiger charge is -2.25. The van der Waals surface area contributed by atoms with Crippen molar-refractivity contribution in [2.45, 2.75) is 31.3 Å². The monoisotopic (exact) mass is 234 g/mol. The van der Waals surface area contributed by atoms with Crippen LogP contribution < -0.4 is 5.32 Å². The zero-order valence-electron chi connectivity index (χ0n) is 10.8. The van der Waals surface area contributed by atoms with Crippen LogP contribution >= 0.6 is 0 Å². The highest BCUT2D eigenvalue weighted by molar-refractivity contribution is 5.11. The van der Waals surface area contributed by atoms with Gasteiger partial charge in [-0.2, -0.15) is 5.10 Å². The fourth-order valence-electron chi connectivity index (χ4n) is 2.99. The molecule has 4 nitrogen and oxygen atoms in total. The van der Waals surface area contributed by atoms with Gasteiger partial charge in [0.2, 0.25) is 0 Å². The molecule has 2 fully saturated rings.